The molecule has 0 N–H and O–H groups in total. The van der Waals surface area contributed by atoms with E-state index >= 15 is 0 Å². The highest BCUT2D eigenvalue weighted by Gasteiger charge is 2.21. The fourth-order valence-electron chi connectivity index (χ4n) is 1.71. The summed E-state index contributed by atoms with van der Waals surface area (Å²) in [5, 5.41) is 0. The van der Waals surface area contributed by atoms with Gasteiger partial charge in [0.1, 0.15) is 0 Å². The average Bonchev–Trinajstić information content (AvgIpc) is 1.88. The first kappa shape index (κ1) is 8.12. The predicted octanol–water partition coefficient (Wildman–Crippen LogP) is 1.31. The van der Waals surface area contributed by atoms with Gasteiger partial charge in [0, 0.05) is 0 Å². The van der Waals surface area contributed by atoms with E-state index < -0.39 is 0 Å². The molecule has 56 valence electrons. The zero-order valence-electron chi connectivity index (χ0n) is 7.01. The SMILES string of the molecule is [B]C1CN(C)CCC1CC. The smallest absolute Gasteiger partial charge is 0.0720 e. The van der Waals surface area contributed by atoms with E-state index in [1.807, 2.05) is 0 Å². The van der Waals surface area contributed by atoms with E-state index in [0.717, 1.165) is 12.5 Å². The summed E-state index contributed by atoms with van der Waals surface area (Å²) in [6.45, 7) is 4.54. The molecule has 2 atom stereocenters. The molecule has 0 amide bonds. The second kappa shape index (κ2) is 3.43. The number of hydrogen-bond donors (Lipinski definition) is 0. The molecule has 1 fully saturated rings. The lowest BCUT2D eigenvalue weighted by atomic mass is 9.71. The van der Waals surface area contributed by atoms with Gasteiger partial charge in [-0.3, -0.25) is 0 Å². The summed E-state index contributed by atoms with van der Waals surface area (Å²) in [6, 6.07) is 0. The quantitative estimate of drug-likeness (QED) is 0.492. The van der Waals surface area contributed by atoms with Crippen LogP contribution in [0.5, 0.6) is 0 Å². The molecule has 2 heteroatoms. The van der Waals surface area contributed by atoms with Gasteiger partial charge < -0.3 is 4.90 Å². The van der Waals surface area contributed by atoms with Gasteiger partial charge in [-0.05, 0) is 32.5 Å². The van der Waals surface area contributed by atoms with Crippen LogP contribution in [0.4, 0.5) is 0 Å². The Balaban J connectivity index is 2.36. The number of piperidine rings is 1. The van der Waals surface area contributed by atoms with Gasteiger partial charge in [0.2, 0.25) is 0 Å². The van der Waals surface area contributed by atoms with Crippen molar-refractivity contribution < 1.29 is 0 Å². The Morgan fingerprint density at radius 1 is 1.60 bits per heavy atom. The second-order valence-corrected chi connectivity index (χ2v) is 3.38. The summed E-state index contributed by atoms with van der Waals surface area (Å²) >= 11 is 0. The molecule has 1 heterocycles. The van der Waals surface area contributed by atoms with Gasteiger partial charge >= 0.3 is 0 Å². The summed E-state index contributed by atoms with van der Waals surface area (Å²) in [6.07, 6.45) is 2.53. The normalized spacial score (nSPS) is 36.2. The minimum absolute atomic E-state index is 0.420. The van der Waals surface area contributed by atoms with E-state index in [1.54, 1.807) is 0 Å². The Morgan fingerprint density at radius 3 is 2.80 bits per heavy atom. The minimum atomic E-state index is 0.420. The van der Waals surface area contributed by atoms with E-state index in [9.17, 15) is 0 Å². The lowest BCUT2D eigenvalue weighted by Crippen LogP contribution is -2.34. The highest BCUT2D eigenvalue weighted by Crippen LogP contribution is 2.27. The van der Waals surface area contributed by atoms with Crippen molar-refractivity contribution in [2.45, 2.75) is 25.6 Å². The molecule has 10 heavy (non-hydrogen) atoms. The van der Waals surface area contributed by atoms with Crippen LogP contribution < -0.4 is 0 Å². The van der Waals surface area contributed by atoms with E-state index in [4.69, 9.17) is 7.85 Å². The molecule has 0 aliphatic carbocycles. The number of likely N-dealkylation sites (tertiary alicyclic amines) is 1. The van der Waals surface area contributed by atoms with Crippen molar-refractivity contribution in [3.8, 4) is 0 Å². The van der Waals surface area contributed by atoms with Gasteiger partial charge in [-0.1, -0.05) is 19.2 Å². The van der Waals surface area contributed by atoms with Crippen LogP contribution >= 0.6 is 0 Å². The van der Waals surface area contributed by atoms with Crippen molar-refractivity contribution in [3.05, 3.63) is 0 Å². The van der Waals surface area contributed by atoms with Gasteiger partial charge in [0.05, 0.1) is 7.85 Å². The van der Waals surface area contributed by atoms with Crippen molar-refractivity contribution in [1.82, 2.24) is 4.90 Å². The Kier molecular flexibility index (Phi) is 2.78. The highest BCUT2D eigenvalue weighted by molar-refractivity contribution is 6.12. The van der Waals surface area contributed by atoms with Gasteiger partial charge in [-0.2, -0.15) is 0 Å². The third kappa shape index (κ3) is 1.75. The first-order valence-corrected chi connectivity index (χ1v) is 4.18. The van der Waals surface area contributed by atoms with Crippen LogP contribution in [0.15, 0.2) is 0 Å². The van der Waals surface area contributed by atoms with Gasteiger partial charge in [-0.15, -0.1) is 0 Å². The maximum atomic E-state index is 5.94. The van der Waals surface area contributed by atoms with Crippen LogP contribution in [0.2, 0.25) is 5.82 Å². The molecule has 0 saturated carbocycles. The Bertz CT molecular complexity index is 105. The first-order chi connectivity index (χ1) is 4.74. The van der Waals surface area contributed by atoms with Crippen LogP contribution in [0, 0.1) is 5.92 Å². The lowest BCUT2D eigenvalue weighted by molar-refractivity contribution is 0.217. The first-order valence-electron chi connectivity index (χ1n) is 4.18. The Hall–Kier alpha value is 0.0249. The van der Waals surface area contributed by atoms with Crippen LogP contribution in [0.25, 0.3) is 0 Å². The van der Waals surface area contributed by atoms with Gasteiger partial charge in [0.15, 0.2) is 0 Å². The van der Waals surface area contributed by atoms with Gasteiger partial charge in [-0.25, -0.2) is 0 Å². The van der Waals surface area contributed by atoms with Crippen molar-refractivity contribution >= 4 is 7.85 Å². The summed E-state index contributed by atoms with van der Waals surface area (Å²) in [4.78, 5) is 2.32. The summed E-state index contributed by atoms with van der Waals surface area (Å²) < 4.78 is 0. The van der Waals surface area contributed by atoms with Crippen LogP contribution in [-0.4, -0.2) is 32.9 Å². The topological polar surface area (TPSA) is 3.24 Å². The maximum Gasteiger partial charge on any atom is 0.0720 e. The molecule has 0 aromatic rings. The predicted molar refractivity (Wildman–Crippen MR) is 45.4 cm³/mol. The largest absolute Gasteiger partial charge is 0.307 e. The molecule has 0 spiro atoms. The molecule has 2 radical (unpaired) electrons. The third-order valence-corrected chi connectivity index (χ3v) is 2.53. The van der Waals surface area contributed by atoms with Crippen LogP contribution in [-0.2, 0) is 0 Å². The molecule has 1 aliphatic rings. The Morgan fingerprint density at radius 2 is 2.30 bits per heavy atom. The summed E-state index contributed by atoms with van der Waals surface area (Å²) in [7, 11) is 8.08. The molecule has 0 aromatic heterocycles. The van der Waals surface area contributed by atoms with Crippen molar-refractivity contribution in [2.24, 2.45) is 5.92 Å². The molecule has 0 aromatic carbocycles. The summed E-state index contributed by atoms with van der Waals surface area (Å²) in [5.41, 5.74) is 0. The lowest BCUT2D eigenvalue weighted by Gasteiger charge is -2.34. The standard InChI is InChI=1S/C8H16BN/c1-3-7-4-5-10(2)6-8(7)9/h7-8H,3-6H2,1-2H3. The number of nitrogens with zero attached hydrogens (tertiary/aromatic N) is 1. The zero-order valence-corrected chi connectivity index (χ0v) is 7.01. The minimum Gasteiger partial charge on any atom is -0.307 e. The average molecular weight is 137 g/mol. The van der Waals surface area contributed by atoms with Gasteiger partial charge in [0.25, 0.3) is 0 Å². The molecule has 2 unspecified atom stereocenters. The summed E-state index contributed by atoms with van der Waals surface area (Å²) in [5.74, 6) is 1.19. The number of rotatable bonds is 1. The fraction of sp³-hybridized carbons (Fsp3) is 1.00. The van der Waals surface area contributed by atoms with Crippen molar-refractivity contribution in [3.63, 3.8) is 0 Å². The van der Waals surface area contributed by atoms with E-state index in [2.05, 4.69) is 18.9 Å². The molecule has 1 rings (SSSR count). The highest BCUT2D eigenvalue weighted by atomic mass is 15.1. The number of hydrogen-bond acceptors (Lipinski definition) is 1. The molecular weight excluding hydrogens is 121 g/mol. The monoisotopic (exact) mass is 137 g/mol. The second-order valence-electron chi connectivity index (χ2n) is 3.38. The molecule has 0 bridgehead atoms. The molecule has 1 nitrogen and oxygen atoms in total. The van der Waals surface area contributed by atoms with Crippen molar-refractivity contribution in [2.75, 3.05) is 20.1 Å². The van der Waals surface area contributed by atoms with E-state index in [1.165, 1.54) is 19.4 Å². The van der Waals surface area contributed by atoms with E-state index in [0.29, 0.717) is 5.82 Å². The molecule has 1 saturated heterocycles. The maximum absolute atomic E-state index is 5.94. The van der Waals surface area contributed by atoms with Crippen LogP contribution in [0.1, 0.15) is 19.8 Å². The van der Waals surface area contributed by atoms with Crippen LogP contribution in [0.3, 0.4) is 0 Å². The van der Waals surface area contributed by atoms with Crippen molar-refractivity contribution in [1.29, 1.82) is 0 Å². The third-order valence-electron chi connectivity index (χ3n) is 2.53. The Labute approximate surface area is 65.2 Å². The molecule has 1 aliphatic heterocycles. The zero-order chi connectivity index (χ0) is 7.56. The fourth-order valence-corrected chi connectivity index (χ4v) is 1.71. The molecular formula is C8H16BN. The van der Waals surface area contributed by atoms with E-state index in [-0.39, 0.29) is 0 Å².